The van der Waals surface area contributed by atoms with Gasteiger partial charge in [0.15, 0.2) is 6.29 Å². The molecule has 0 aliphatic carbocycles. The molecule has 0 bridgehead atoms. The van der Waals surface area contributed by atoms with Crippen LogP contribution in [0, 0.1) is 35.5 Å². The average Bonchev–Trinajstić information content (AvgIpc) is 3.03. The molecular formula is C36H75NaO17. The van der Waals surface area contributed by atoms with Gasteiger partial charge < -0.3 is 86.1 Å². The predicted octanol–water partition coefficient (Wildman–Crippen LogP) is -4.91. The van der Waals surface area contributed by atoms with E-state index in [-0.39, 0.29) is 94.5 Å². The molecule has 5 heterocycles. The second kappa shape index (κ2) is 31.4. The van der Waals surface area contributed by atoms with Crippen molar-refractivity contribution in [2.45, 2.75) is 150 Å². The summed E-state index contributed by atoms with van der Waals surface area (Å²) in [5.41, 5.74) is 0. The number of hydrogen-bond donors (Lipinski definition) is 6. The first kappa shape index (κ1) is 62.6. The topological polar surface area (TPSA) is 334 Å². The van der Waals surface area contributed by atoms with Crippen LogP contribution < -0.4 is 34.7 Å². The van der Waals surface area contributed by atoms with Crippen LogP contribution in [0.2, 0.25) is 0 Å². The van der Waals surface area contributed by atoms with Crippen LogP contribution in [0.1, 0.15) is 88.5 Å². The van der Waals surface area contributed by atoms with Gasteiger partial charge in [-0.3, -0.25) is 0 Å². The van der Waals surface area contributed by atoms with Crippen molar-refractivity contribution in [1.29, 1.82) is 0 Å². The summed E-state index contributed by atoms with van der Waals surface area (Å²) in [6, 6.07) is 0. The van der Waals surface area contributed by atoms with E-state index in [2.05, 4.69) is 27.7 Å². The maximum Gasteiger partial charge on any atom is 1.00 e. The van der Waals surface area contributed by atoms with E-state index in [1.54, 1.807) is 13.8 Å². The second-order valence-electron chi connectivity index (χ2n) is 14.8. The number of carbonyl (C=O) groups excluding carboxylic acids is 1. The van der Waals surface area contributed by atoms with Crippen LogP contribution >= 0.6 is 0 Å². The molecule has 0 saturated carbocycles. The summed E-state index contributed by atoms with van der Waals surface area (Å²) in [5, 5.41) is 65.1. The largest absolute Gasteiger partial charge is 1.00 e. The Kier molecular flexibility index (Phi) is 36.5. The first-order valence-corrected chi connectivity index (χ1v) is 17.9. The van der Waals surface area contributed by atoms with Crippen molar-refractivity contribution in [3.63, 3.8) is 0 Å². The smallest absolute Gasteiger partial charge is 0.547 e. The number of hydrogen-bond acceptors (Lipinski definition) is 13. The van der Waals surface area contributed by atoms with Crippen molar-refractivity contribution >= 4 is 5.97 Å². The monoisotopic (exact) mass is 802 g/mol. The molecule has 10 unspecified atom stereocenters. The molecule has 0 radical (unpaired) electrons. The van der Waals surface area contributed by atoms with Gasteiger partial charge in [0.1, 0.15) is 24.9 Å². The van der Waals surface area contributed by atoms with Gasteiger partial charge in [-0.05, 0) is 64.4 Å². The van der Waals surface area contributed by atoms with Gasteiger partial charge in [-0.1, -0.05) is 41.5 Å². The van der Waals surface area contributed by atoms with E-state index in [9.17, 15) is 30.3 Å². The summed E-state index contributed by atoms with van der Waals surface area (Å²) in [7, 11) is 0. The third-order valence-electron chi connectivity index (χ3n) is 9.99. The minimum Gasteiger partial charge on any atom is -0.547 e. The van der Waals surface area contributed by atoms with E-state index in [4.69, 9.17) is 33.9 Å². The molecule has 4 fully saturated rings. The Hall–Kier alpha value is -0.550. The second-order valence-corrected chi connectivity index (χ2v) is 14.8. The number of aliphatic hydroxyl groups excluding tert-OH is 6. The van der Waals surface area contributed by atoms with Crippen LogP contribution in [-0.4, -0.2) is 146 Å². The zero-order chi connectivity index (χ0) is 37.6. The predicted molar refractivity (Wildman–Crippen MR) is 195 cm³/mol. The molecule has 0 spiro atoms. The molecule has 5 aliphatic heterocycles. The molecule has 322 valence electrons. The average molecular weight is 803 g/mol. The number of allylic oxidation sites excluding steroid dienone is 1. The SMILES string of the molecule is CC1=C[C@@H](O)C(O)CO1.CC1COC(C(=O)[O-])C[C@H]1O.CC1C[C@@H](C)C(C)C(O)O1.CC1C[C@@H](C)C(C)CO1.CC1OCC(C)[C@H](O)[C@@H]1O.O.O.O.O.[Na+]. The first-order chi connectivity index (χ1) is 22.7. The Morgan fingerprint density at radius 2 is 1.15 bits per heavy atom. The summed E-state index contributed by atoms with van der Waals surface area (Å²) in [5.74, 6) is 1.99. The Balaban J connectivity index is -0.000000181. The van der Waals surface area contributed by atoms with Gasteiger partial charge in [0, 0.05) is 30.8 Å². The van der Waals surface area contributed by atoms with Crippen molar-refractivity contribution in [3.05, 3.63) is 11.8 Å². The van der Waals surface area contributed by atoms with Crippen LogP contribution in [-0.2, 0) is 28.5 Å². The molecule has 4 saturated heterocycles. The maximum absolute atomic E-state index is 10.3. The summed E-state index contributed by atoms with van der Waals surface area (Å²) in [4.78, 5) is 10.3. The molecule has 0 amide bonds. The normalized spacial score (nSPS) is 39.4. The van der Waals surface area contributed by atoms with Crippen molar-refractivity contribution in [2.24, 2.45) is 35.5 Å². The van der Waals surface area contributed by atoms with Gasteiger partial charge in [0.05, 0.1) is 61.6 Å². The fraction of sp³-hybridized carbons (Fsp3) is 0.917. The van der Waals surface area contributed by atoms with Crippen LogP contribution in [0.15, 0.2) is 11.8 Å². The molecule has 18 heteroatoms. The van der Waals surface area contributed by atoms with Crippen LogP contribution in [0.4, 0.5) is 0 Å². The molecule has 5 rings (SSSR count). The summed E-state index contributed by atoms with van der Waals surface area (Å²) >= 11 is 0. The Labute approximate surface area is 343 Å². The van der Waals surface area contributed by atoms with Gasteiger partial charge in [0.2, 0.25) is 0 Å². The van der Waals surface area contributed by atoms with Crippen molar-refractivity contribution < 1.29 is 116 Å². The molecule has 0 aromatic heterocycles. The molecule has 17 nitrogen and oxygen atoms in total. The Morgan fingerprint density at radius 1 is 0.630 bits per heavy atom. The van der Waals surface area contributed by atoms with E-state index in [0.29, 0.717) is 31.0 Å². The molecule has 54 heavy (non-hydrogen) atoms. The number of carboxylic acids is 1. The van der Waals surface area contributed by atoms with E-state index in [0.717, 1.165) is 24.9 Å². The quantitative estimate of drug-likeness (QED) is 0.136. The van der Waals surface area contributed by atoms with Crippen LogP contribution in [0.25, 0.3) is 0 Å². The van der Waals surface area contributed by atoms with E-state index in [1.807, 2.05) is 27.7 Å². The fourth-order valence-electron chi connectivity index (χ4n) is 5.63. The number of aliphatic hydroxyl groups is 6. The number of carboxylic acid groups (broad SMARTS) is 1. The Morgan fingerprint density at radius 3 is 1.57 bits per heavy atom. The third kappa shape index (κ3) is 23.0. The molecule has 14 N–H and O–H groups in total. The van der Waals surface area contributed by atoms with Gasteiger partial charge in [0.25, 0.3) is 0 Å². The van der Waals surface area contributed by atoms with Gasteiger partial charge >= 0.3 is 29.6 Å². The standard InChI is InChI=1S/C8H16O2.C8H16O.C7H12O4.C7H14O3.C6H10O3.Na.4H2O/c1-5-4-6(2)10-8(9)7(5)3;1-6-4-8(3)9-5-7(6)2;1-4-3-11-6(7(9)10)2-5(4)8;1-4-3-10-5(2)7(9)6(4)8;1-4-2-5(7)6(8)3-9-4;;;;;/h5-9H,4H2,1-3H3;6-8H,4-5H2,1-3H3;4-6,8H,2-3H2,1H3,(H,9,10);4-9H,3H2,1-2H3;2,5-8H,3H2,1H3;;4*1H2/q;;;;;+1;;;;/p-1/t5-,6?,7?,8?;6-,7?,8?;4?,5-,6?;4?,5?,6-,7+;5-,6?;;;;;/m11101...../s1. The van der Waals surface area contributed by atoms with Crippen LogP contribution in [0.3, 0.4) is 0 Å². The molecule has 16 atom stereocenters. The first-order valence-electron chi connectivity index (χ1n) is 17.9. The maximum atomic E-state index is 10.3. The fourth-order valence-corrected chi connectivity index (χ4v) is 5.63. The summed E-state index contributed by atoms with van der Waals surface area (Å²) in [6.07, 6.45) is -0.466. The van der Waals surface area contributed by atoms with Gasteiger partial charge in [-0.25, -0.2) is 0 Å². The van der Waals surface area contributed by atoms with Crippen molar-refractivity contribution in [3.8, 4) is 0 Å². The number of rotatable bonds is 1. The molecule has 0 aromatic carbocycles. The minimum absolute atomic E-state index is 0. The van der Waals surface area contributed by atoms with E-state index in [1.165, 1.54) is 12.5 Å². The van der Waals surface area contributed by atoms with Crippen molar-refractivity contribution in [1.82, 2.24) is 0 Å². The number of carbonyl (C=O) groups is 1. The summed E-state index contributed by atoms with van der Waals surface area (Å²) in [6.45, 7) is 22.1. The molecular weight excluding hydrogens is 727 g/mol. The molecule has 0 aromatic rings. The van der Waals surface area contributed by atoms with Crippen LogP contribution in [0.5, 0.6) is 0 Å². The van der Waals surface area contributed by atoms with Gasteiger partial charge in [-0.15, -0.1) is 0 Å². The van der Waals surface area contributed by atoms with E-state index >= 15 is 0 Å². The number of aliphatic carboxylic acids is 1. The molecule has 5 aliphatic rings. The minimum atomic E-state index is -1.24. The zero-order valence-electron chi connectivity index (χ0n) is 34.3. The van der Waals surface area contributed by atoms with Crippen molar-refractivity contribution in [2.75, 3.05) is 26.4 Å². The van der Waals surface area contributed by atoms with E-state index < -0.39 is 48.9 Å². The number of ether oxygens (including phenoxy) is 5. The Bertz CT molecular complexity index is 938. The summed E-state index contributed by atoms with van der Waals surface area (Å²) < 4.78 is 25.7. The zero-order valence-corrected chi connectivity index (χ0v) is 36.3. The van der Waals surface area contributed by atoms with Gasteiger partial charge in [-0.2, -0.15) is 0 Å². The third-order valence-corrected chi connectivity index (χ3v) is 9.99.